The Labute approximate surface area is 125 Å². The normalized spacial score (nSPS) is 11.1. The molecule has 0 aliphatic carbocycles. The van der Waals surface area contributed by atoms with E-state index in [1.54, 1.807) is 12.3 Å². The van der Waals surface area contributed by atoms with Crippen molar-refractivity contribution in [1.29, 1.82) is 0 Å². The number of rotatable bonds is 2. The number of H-pyrrole nitrogens is 1. The molecule has 1 aromatic carbocycles. The fourth-order valence-electron chi connectivity index (χ4n) is 2.53. The SMILES string of the molecule is Cc1cn2cccc(C(=O)Nc3ccc4cn[nH]c4c3)c2n1. The number of fused-ring (bicyclic) bond motifs is 2. The minimum atomic E-state index is -0.185. The van der Waals surface area contributed by atoms with E-state index in [2.05, 4.69) is 20.5 Å². The Balaban J connectivity index is 1.70. The van der Waals surface area contributed by atoms with Gasteiger partial charge in [0.1, 0.15) is 5.65 Å². The quantitative estimate of drug-likeness (QED) is 0.596. The highest BCUT2D eigenvalue weighted by molar-refractivity contribution is 6.08. The Kier molecular flexibility index (Phi) is 2.69. The average Bonchev–Trinajstić information content (AvgIpc) is 3.10. The van der Waals surface area contributed by atoms with Crippen LogP contribution < -0.4 is 5.32 Å². The Morgan fingerprint density at radius 2 is 2.23 bits per heavy atom. The first-order valence-electron chi connectivity index (χ1n) is 6.89. The van der Waals surface area contributed by atoms with Crippen molar-refractivity contribution in [2.24, 2.45) is 0 Å². The monoisotopic (exact) mass is 291 g/mol. The average molecular weight is 291 g/mol. The highest BCUT2D eigenvalue weighted by Crippen LogP contribution is 2.18. The fraction of sp³-hybridized carbons (Fsp3) is 0.0625. The van der Waals surface area contributed by atoms with Crippen LogP contribution in [0.1, 0.15) is 16.1 Å². The number of imidazole rings is 1. The molecule has 1 amide bonds. The summed E-state index contributed by atoms with van der Waals surface area (Å²) in [6, 6.07) is 9.23. The van der Waals surface area contributed by atoms with E-state index in [9.17, 15) is 4.79 Å². The predicted molar refractivity (Wildman–Crippen MR) is 84.0 cm³/mol. The Hall–Kier alpha value is -3.15. The minimum absolute atomic E-state index is 0.185. The summed E-state index contributed by atoms with van der Waals surface area (Å²) in [5, 5.41) is 10.8. The van der Waals surface area contributed by atoms with Crippen molar-refractivity contribution >= 4 is 28.1 Å². The summed E-state index contributed by atoms with van der Waals surface area (Å²) in [4.78, 5) is 16.9. The summed E-state index contributed by atoms with van der Waals surface area (Å²) in [7, 11) is 0. The van der Waals surface area contributed by atoms with Crippen LogP contribution in [0.2, 0.25) is 0 Å². The third kappa shape index (κ3) is 2.01. The van der Waals surface area contributed by atoms with Gasteiger partial charge in [-0.15, -0.1) is 0 Å². The Bertz CT molecular complexity index is 998. The van der Waals surface area contributed by atoms with Crippen LogP contribution in [0.25, 0.3) is 16.6 Å². The smallest absolute Gasteiger partial charge is 0.259 e. The van der Waals surface area contributed by atoms with Crippen LogP contribution >= 0.6 is 0 Å². The molecule has 0 unspecified atom stereocenters. The van der Waals surface area contributed by atoms with Gasteiger partial charge >= 0.3 is 0 Å². The van der Waals surface area contributed by atoms with Gasteiger partial charge in [0.05, 0.1) is 23.0 Å². The molecule has 6 nitrogen and oxygen atoms in total. The first-order chi connectivity index (χ1) is 10.7. The molecule has 0 fully saturated rings. The van der Waals surface area contributed by atoms with Gasteiger partial charge in [0.25, 0.3) is 5.91 Å². The number of carbonyl (C=O) groups is 1. The summed E-state index contributed by atoms with van der Waals surface area (Å²) in [5.41, 5.74) is 3.67. The second-order valence-corrected chi connectivity index (χ2v) is 5.16. The summed E-state index contributed by atoms with van der Waals surface area (Å²) in [6.07, 6.45) is 5.51. The van der Waals surface area contributed by atoms with Gasteiger partial charge in [0, 0.05) is 23.5 Å². The zero-order valence-electron chi connectivity index (χ0n) is 11.9. The number of amides is 1. The van der Waals surface area contributed by atoms with E-state index in [1.165, 1.54) is 0 Å². The fourth-order valence-corrected chi connectivity index (χ4v) is 2.53. The van der Waals surface area contributed by atoms with Crippen LogP contribution in [0.3, 0.4) is 0 Å². The molecule has 0 aliphatic heterocycles. The van der Waals surface area contributed by atoms with Gasteiger partial charge in [-0.25, -0.2) is 4.98 Å². The van der Waals surface area contributed by atoms with Crippen LogP contribution in [-0.2, 0) is 0 Å². The Morgan fingerprint density at radius 1 is 1.32 bits per heavy atom. The zero-order valence-corrected chi connectivity index (χ0v) is 11.9. The second kappa shape index (κ2) is 4.70. The predicted octanol–water partition coefficient (Wildman–Crippen LogP) is 2.77. The lowest BCUT2D eigenvalue weighted by molar-refractivity contribution is 0.102. The molecular weight excluding hydrogens is 278 g/mol. The van der Waals surface area contributed by atoms with E-state index in [4.69, 9.17) is 0 Å². The summed E-state index contributed by atoms with van der Waals surface area (Å²) in [6.45, 7) is 1.90. The number of aryl methyl sites for hydroxylation is 1. The van der Waals surface area contributed by atoms with Crippen molar-refractivity contribution in [3.05, 3.63) is 60.2 Å². The van der Waals surface area contributed by atoms with Crippen molar-refractivity contribution in [3.8, 4) is 0 Å². The standard InChI is InChI=1S/C16H13N5O/c1-10-9-21-6-2-3-13(15(21)18-10)16(22)19-12-5-4-11-8-17-20-14(11)7-12/h2-9H,1H3,(H,17,20)(H,19,22). The molecule has 0 saturated heterocycles. The van der Waals surface area contributed by atoms with Gasteiger partial charge in [-0.05, 0) is 37.3 Å². The van der Waals surface area contributed by atoms with Crippen LogP contribution in [-0.4, -0.2) is 25.5 Å². The molecule has 0 saturated carbocycles. The van der Waals surface area contributed by atoms with Crippen LogP contribution in [0.15, 0.2) is 48.9 Å². The van der Waals surface area contributed by atoms with E-state index < -0.39 is 0 Å². The van der Waals surface area contributed by atoms with Crippen LogP contribution in [0.4, 0.5) is 5.69 Å². The molecule has 0 bridgehead atoms. The van der Waals surface area contributed by atoms with E-state index in [1.807, 2.05) is 48.0 Å². The molecule has 4 rings (SSSR count). The lowest BCUT2D eigenvalue weighted by atomic mass is 10.2. The number of hydrogen-bond donors (Lipinski definition) is 2. The van der Waals surface area contributed by atoms with E-state index in [-0.39, 0.29) is 5.91 Å². The zero-order chi connectivity index (χ0) is 15.1. The van der Waals surface area contributed by atoms with E-state index in [0.29, 0.717) is 16.9 Å². The molecule has 0 radical (unpaired) electrons. The van der Waals surface area contributed by atoms with Gasteiger partial charge in [0.2, 0.25) is 0 Å². The molecule has 108 valence electrons. The molecule has 22 heavy (non-hydrogen) atoms. The van der Waals surface area contributed by atoms with Crippen molar-refractivity contribution < 1.29 is 4.79 Å². The summed E-state index contributed by atoms with van der Waals surface area (Å²) >= 11 is 0. The molecule has 4 aromatic rings. The van der Waals surface area contributed by atoms with Gasteiger partial charge in [-0.1, -0.05) is 0 Å². The number of aromatic nitrogens is 4. The van der Waals surface area contributed by atoms with Gasteiger partial charge in [-0.3, -0.25) is 9.89 Å². The van der Waals surface area contributed by atoms with Crippen molar-refractivity contribution in [3.63, 3.8) is 0 Å². The third-order valence-electron chi connectivity index (χ3n) is 3.55. The summed E-state index contributed by atoms with van der Waals surface area (Å²) in [5.74, 6) is -0.185. The maximum atomic E-state index is 12.5. The maximum absolute atomic E-state index is 12.5. The molecular formula is C16H13N5O. The largest absolute Gasteiger partial charge is 0.322 e. The first-order valence-corrected chi connectivity index (χ1v) is 6.89. The van der Waals surface area contributed by atoms with Gasteiger partial charge in [-0.2, -0.15) is 5.10 Å². The number of nitrogens with one attached hydrogen (secondary N) is 2. The number of pyridine rings is 1. The van der Waals surface area contributed by atoms with Crippen molar-refractivity contribution in [2.75, 3.05) is 5.32 Å². The number of hydrogen-bond acceptors (Lipinski definition) is 3. The maximum Gasteiger partial charge on any atom is 0.259 e. The molecule has 2 N–H and O–H groups in total. The molecule has 0 spiro atoms. The molecule has 0 atom stereocenters. The summed E-state index contributed by atoms with van der Waals surface area (Å²) < 4.78 is 1.85. The van der Waals surface area contributed by atoms with Gasteiger partial charge < -0.3 is 9.72 Å². The number of benzene rings is 1. The third-order valence-corrected chi connectivity index (χ3v) is 3.55. The van der Waals surface area contributed by atoms with Crippen LogP contribution in [0, 0.1) is 6.92 Å². The van der Waals surface area contributed by atoms with Crippen molar-refractivity contribution in [1.82, 2.24) is 19.6 Å². The lowest BCUT2D eigenvalue weighted by Crippen LogP contribution is -2.13. The van der Waals surface area contributed by atoms with Gasteiger partial charge in [0.15, 0.2) is 0 Å². The molecule has 0 aliphatic rings. The lowest BCUT2D eigenvalue weighted by Gasteiger charge is -2.06. The highest BCUT2D eigenvalue weighted by Gasteiger charge is 2.12. The topological polar surface area (TPSA) is 75.1 Å². The molecule has 3 aromatic heterocycles. The number of anilines is 1. The number of carbonyl (C=O) groups excluding carboxylic acids is 1. The van der Waals surface area contributed by atoms with E-state index >= 15 is 0 Å². The first kappa shape index (κ1) is 12.6. The number of aromatic amines is 1. The molecule has 3 heterocycles. The van der Waals surface area contributed by atoms with Crippen molar-refractivity contribution in [2.45, 2.75) is 6.92 Å². The Morgan fingerprint density at radius 3 is 3.14 bits per heavy atom. The highest BCUT2D eigenvalue weighted by atomic mass is 16.1. The molecule has 6 heteroatoms. The minimum Gasteiger partial charge on any atom is -0.322 e. The van der Waals surface area contributed by atoms with Crippen LogP contribution in [0.5, 0.6) is 0 Å². The number of nitrogens with zero attached hydrogens (tertiary/aromatic N) is 3. The second-order valence-electron chi connectivity index (χ2n) is 5.16. The van der Waals surface area contributed by atoms with E-state index in [0.717, 1.165) is 16.6 Å².